The smallest absolute Gasteiger partial charge is 0.244 e. The van der Waals surface area contributed by atoms with Gasteiger partial charge in [0.05, 0.1) is 15.5 Å². The Labute approximate surface area is 138 Å². The maximum Gasteiger partial charge on any atom is 0.244 e. The molecule has 118 valence electrons. The second-order valence-electron chi connectivity index (χ2n) is 4.89. The van der Waals surface area contributed by atoms with E-state index in [1.165, 1.54) is 16.4 Å². The summed E-state index contributed by atoms with van der Waals surface area (Å²) >= 11 is 9.18. The van der Waals surface area contributed by atoms with Gasteiger partial charge in [-0.3, -0.25) is 0 Å². The molecule has 8 heteroatoms. The number of anilines is 1. The van der Waals surface area contributed by atoms with Crippen molar-refractivity contribution in [2.45, 2.75) is 30.8 Å². The fraction of sp³-hybridized carbons (Fsp3) is 0.538. The molecule has 1 fully saturated rings. The molecule has 2 N–H and O–H groups in total. The van der Waals surface area contributed by atoms with Gasteiger partial charge in [-0.05, 0) is 47.8 Å². The van der Waals surface area contributed by atoms with Crippen LogP contribution in [0.25, 0.3) is 0 Å². The molecule has 0 radical (unpaired) electrons. The number of ether oxygens (including phenoxy) is 1. The van der Waals surface area contributed by atoms with Gasteiger partial charge >= 0.3 is 0 Å². The Morgan fingerprint density at radius 2 is 2.24 bits per heavy atom. The molecule has 0 saturated carbocycles. The summed E-state index contributed by atoms with van der Waals surface area (Å²) in [4.78, 5) is 0.102. The van der Waals surface area contributed by atoms with Gasteiger partial charge in [-0.1, -0.05) is 11.6 Å². The molecule has 1 saturated heterocycles. The molecule has 0 amide bonds. The first-order valence-electron chi connectivity index (χ1n) is 6.72. The molecule has 0 spiro atoms. The van der Waals surface area contributed by atoms with Crippen molar-refractivity contribution in [3.63, 3.8) is 0 Å². The van der Waals surface area contributed by atoms with Gasteiger partial charge in [-0.25, -0.2) is 8.42 Å². The van der Waals surface area contributed by atoms with Crippen molar-refractivity contribution in [1.82, 2.24) is 4.31 Å². The Morgan fingerprint density at radius 1 is 1.52 bits per heavy atom. The van der Waals surface area contributed by atoms with Gasteiger partial charge in [0, 0.05) is 30.4 Å². The van der Waals surface area contributed by atoms with Crippen molar-refractivity contribution < 1.29 is 13.2 Å². The summed E-state index contributed by atoms with van der Waals surface area (Å²) in [6, 6.07) is 2.94. The van der Waals surface area contributed by atoms with Crippen molar-refractivity contribution in [2.75, 3.05) is 25.4 Å². The van der Waals surface area contributed by atoms with E-state index in [2.05, 4.69) is 15.9 Å². The van der Waals surface area contributed by atoms with Gasteiger partial charge in [0.25, 0.3) is 0 Å². The number of hydrogen-bond donors (Lipinski definition) is 1. The molecule has 1 heterocycles. The number of benzene rings is 1. The molecule has 1 aliphatic rings. The molecule has 1 aromatic carbocycles. The first-order chi connectivity index (χ1) is 9.86. The van der Waals surface area contributed by atoms with E-state index in [0.29, 0.717) is 34.9 Å². The monoisotopic (exact) mass is 396 g/mol. The van der Waals surface area contributed by atoms with E-state index in [9.17, 15) is 8.42 Å². The van der Waals surface area contributed by atoms with Crippen molar-refractivity contribution >= 4 is 43.2 Å². The molecule has 5 nitrogen and oxygen atoms in total. The number of hydrogen-bond acceptors (Lipinski definition) is 4. The minimum Gasteiger partial charge on any atom is -0.398 e. The zero-order valence-electron chi connectivity index (χ0n) is 11.7. The van der Waals surface area contributed by atoms with E-state index in [0.717, 1.165) is 12.8 Å². The predicted molar refractivity (Wildman–Crippen MR) is 87.0 cm³/mol. The van der Waals surface area contributed by atoms with Crippen LogP contribution in [0.4, 0.5) is 5.69 Å². The van der Waals surface area contributed by atoms with Crippen LogP contribution in [0.15, 0.2) is 21.5 Å². The molecule has 0 aromatic heterocycles. The van der Waals surface area contributed by atoms with Crippen LogP contribution in [0.5, 0.6) is 0 Å². The average molecular weight is 398 g/mol. The van der Waals surface area contributed by atoms with Crippen molar-refractivity contribution in [3.05, 3.63) is 21.6 Å². The number of halogens is 2. The maximum atomic E-state index is 12.8. The highest BCUT2D eigenvalue weighted by molar-refractivity contribution is 9.10. The Bertz CT molecular complexity index is 622. The number of sulfonamides is 1. The molecule has 0 bridgehead atoms. The average Bonchev–Trinajstić information content (AvgIpc) is 2.43. The number of piperidine rings is 1. The van der Waals surface area contributed by atoms with Crippen molar-refractivity contribution in [1.29, 1.82) is 0 Å². The van der Waals surface area contributed by atoms with Crippen LogP contribution >= 0.6 is 27.5 Å². The molecular weight excluding hydrogens is 380 g/mol. The molecule has 1 unspecified atom stereocenters. The minimum atomic E-state index is -3.65. The third-order valence-electron chi connectivity index (χ3n) is 3.39. The largest absolute Gasteiger partial charge is 0.398 e. The van der Waals surface area contributed by atoms with Gasteiger partial charge in [-0.2, -0.15) is 4.31 Å². The summed E-state index contributed by atoms with van der Waals surface area (Å²) in [5.74, 6) is 0. The third kappa shape index (κ3) is 3.71. The number of rotatable bonds is 4. The molecule has 1 aromatic rings. The van der Waals surface area contributed by atoms with Gasteiger partial charge < -0.3 is 10.5 Å². The minimum absolute atomic E-state index is 0.0613. The summed E-state index contributed by atoms with van der Waals surface area (Å²) in [5, 5.41) is 0.299. The Balaban J connectivity index is 2.34. The highest BCUT2D eigenvalue weighted by Crippen LogP contribution is 2.34. The van der Waals surface area contributed by atoms with Crippen LogP contribution in [0.2, 0.25) is 5.02 Å². The van der Waals surface area contributed by atoms with Gasteiger partial charge in [0.15, 0.2) is 0 Å². The first-order valence-corrected chi connectivity index (χ1v) is 9.33. The molecule has 2 rings (SSSR count). The summed E-state index contributed by atoms with van der Waals surface area (Å²) < 4.78 is 32.9. The van der Waals surface area contributed by atoms with Crippen LogP contribution in [-0.4, -0.2) is 38.5 Å². The summed E-state index contributed by atoms with van der Waals surface area (Å²) in [6.45, 7) is 3.31. The van der Waals surface area contributed by atoms with Crippen LogP contribution in [-0.2, 0) is 14.8 Å². The van der Waals surface area contributed by atoms with Crippen LogP contribution in [0, 0.1) is 0 Å². The summed E-state index contributed by atoms with van der Waals surface area (Å²) in [5.41, 5.74) is 6.09. The Hall–Kier alpha value is -0.340. The molecule has 0 aliphatic carbocycles. The normalized spacial score (nSPS) is 20.6. The van der Waals surface area contributed by atoms with Crippen molar-refractivity contribution in [3.8, 4) is 0 Å². The van der Waals surface area contributed by atoms with E-state index < -0.39 is 10.0 Å². The Morgan fingerprint density at radius 3 is 2.90 bits per heavy atom. The summed E-state index contributed by atoms with van der Waals surface area (Å²) in [7, 11) is -3.65. The highest BCUT2D eigenvalue weighted by atomic mass is 79.9. The number of nitrogens with two attached hydrogens (primary N) is 1. The lowest BCUT2D eigenvalue weighted by molar-refractivity contribution is 0.0265. The van der Waals surface area contributed by atoms with Gasteiger partial charge in [0.2, 0.25) is 10.0 Å². The SMILES string of the molecule is CCOC1CCCN(S(=O)(=O)c2cc(Cl)cc(N)c2Br)C1. The van der Waals surface area contributed by atoms with E-state index in [1.54, 1.807) is 0 Å². The van der Waals surface area contributed by atoms with E-state index in [4.69, 9.17) is 22.1 Å². The third-order valence-corrected chi connectivity index (χ3v) is 6.65. The van der Waals surface area contributed by atoms with E-state index in [-0.39, 0.29) is 11.0 Å². The zero-order chi connectivity index (χ0) is 15.6. The van der Waals surface area contributed by atoms with Crippen LogP contribution in [0.3, 0.4) is 0 Å². The summed E-state index contributed by atoms with van der Waals surface area (Å²) in [6.07, 6.45) is 1.59. The second kappa shape index (κ2) is 6.83. The number of nitrogens with zero attached hydrogens (tertiary/aromatic N) is 1. The van der Waals surface area contributed by atoms with Crippen LogP contribution in [0.1, 0.15) is 19.8 Å². The first kappa shape index (κ1) is 17.0. The van der Waals surface area contributed by atoms with Crippen LogP contribution < -0.4 is 5.73 Å². The fourth-order valence-electron chi connectivity index (χ4n) is 2.41. The number of nitrogen functional groups attached to an aromatic ring is 1. The quantitative estimate of drug-likeness (QED) is 0.793. The lowest BCUT2D eigenvalue weighted by Crippen LogP contribution is -2.43. The Kier molecular flexibility index (Phi) is 5.54. The predicted octanol–water partition coefficient (Wildman–Crippen LogP) is 2.87. The van der Waals surface area contributed by atoms with E-state index >= 15 is 0 Å². The van der Waals surface area contributed by atoms with Gasteiger partial charge in [-0.15, -0.1) is 0 Å². The molecule has 21 heavy (non-hydrogen) atoms. The van der Waals surface area contributed by atoms with Crippen molar-refractivity contribution in [2.24, 2.45) is 0 Å². The lowest BCUT2D eigenvalue weighted by atomic mass is 10.1. The molecule has 1 atom stereocenters. The molecular formula is C13H18BrClN2O3S. The van der Waals surface area contributed by atoms with Gasteiger partial charge in [0.1, 0.15) is 0 Å². The standard InChI is InChI=1S/C13H18BrClN2O3S/c1-2-20-10-4-3-5-17(8-10)21(18,19)12-7-9(15)6-11(16)13(12)14/h6-7,10H,2-5,8,16H2,1H3. The van der Waals surface area contributed by atoms with E-state index in [1.807, 2.05) is 6.92 Å². The highest BCUT2D eigenvalue weighted by Gasteiger charge is 2.32. The zero-order valence-corrected chi connectivity index (χ0v) is 14.8. The topological polar surface area (TPSA) is 72.6 Å². The lowest BCUT2D eigenvalue weighted by Gasteiger charge is -2.32. The fourth-order valence-corrected chi connectivity index (χ4v) is 5.17. The maximum absolute atomic E-state index is 12.8. The second-order valence-corrected chi connectivity index (χ2v) is 8.03. The molecule has 1 aliphatic heterocycles.